The first-order valence-corrected chi connectivity index (χ1v) is 12.0. The largest absolute Gasteiger partial charge is 0.505 e. The predicted molar refractivity (Wildman–Crippen MR) is 132 cm³/mol. The topological polar surface area (TPSA) is 110 Å². The molecule has 3 aromatic heterocycles. The van der Waals surface area contributed by atoms with Gasteiger partial charge in [-0.1, -0.05) is 36.5 Å². The number of carbonyl (C=O) groups excluding carboxylic acids is 2. The molecule has 1 amide bonds. The normalized spacial score (nSPS) is 17.5. The van der Waals surface area contributed by atoms with E-state index in [0.29, 0.717) is 40.0 Å². The van der Waals surface area contributed by atoms with Gasteiger partial charge in [-0.05, 0) is 50.1 Å². The van der Waals surface area contributed by atoms with Crippen LogP contribution in [0.1, 0.15) is 41.3 Å². The Labute approximate surface area is 205 Å². The molecule has 35 heavy (non-hydrogen) atoms. The predicted octanol–water partition coefficient (Wildman–Crippen LogP) is 4.22. The minimum Gasteiger partial charge on any atom is -0.505 e. The van der Waals surface area contributed by atoms with Gasteiger partial charge in [0.15, 0.2) is 5.76 Å². The van der Waals surface area contributed by atoms with Gasteiger partial charge < -0.3 is 9.84 Å². The van der Waals surface area contributed by atoms with Crippen molar-refractivity contribution in [1.29, 1.82) is 0 Å². The van der Waals surface area contributed by atoms with Crippen LogP contribution >= 0.6 is 11.3 Å². The fraction of sp³-hybridized carbons (Fsp3) is 0.240. The van der Waals surface area contributed by atoms with Gasteiger partial charge in [0, 0.05) is 6.20 Å². The molecule has 0 bridgehead atoms. The van der Waals surface area contributed by atoms with Crippen molar-refractivity contribution in [3.05, 3.63) is 76.2 Å². The van der Waals surface area contributed by atoms with E-state index >= 15 is 0 Å². The number of aryl methyl sites for hydroxylation is 2. The second-order valence-corrected chi connectivity index (χ2v) is 9.33. The zero-order chi connectivity index (χ0) is 24.7. The number of aromatic nitrogens is 4. The Morgan fingerprint density at radius 3 is 2.71 bits per heavy atom. The van der Waals surface area contributed by atoms with Crippen LogP contribution in [0, 0.1) is 13.8 Å². The molecule has 1 unspecified atom stereocenters. The summed E-state index contributed by atoms with van der Waals surface area (Å²) in [7, 11) is 0. The lowest BCUT2D eigenvalue weighted by Crippen LogP contribution is -2.29. The van der Waals surface area contributed by atoms with Crippen molar-refractivity contribution in [1.82, 2.24) is 19.6 Å². The van der Waals surface area contributed by atoms with Crippen LogP contribution in [-0.4, -0.2) is 43.0 Å². The lowest BCUT2D eigenvalue weighted by atomic mass is 9.96. The van der Waals surface area contributed by atoms with Crippen LogP contribution in [0.3, 0.4) is 0 Å². The summed E-state index contributed by atoms with van der Waals surface area (Å²) in [5, 5.41) is 20.6. The molecule has 1 fully saturated rings. The third kappa shape index (κ3) is 3.85. The molecule has 0 radical (unpaired) electrons. The van der Waals surface area contributed by atoms with Gasteiger partial charge in [-0.3, -0.25) is 18.9 Å². The van der Waals surface area contributed by atoms with E-state index in [1.807, 2.05) is 19.1 Å². The Balaban J connectivity index is 1.74. The molecular formula is C25H23N5O4S. The smallest absolute Gasteiger partial charge is 0.301 e. The maximum Gasteiger partial charge on any atom is 0.301 e. The Morgan fingerprint density at radius 2 is 1.97 bits per heavy atom. The summed E-state index contributed by atoms with van der Waals surface area (Å²) in [4.78, 5) is 32.5. The number of amides is 1. The van der Waals surface area contributed by atoms with Crippen molar-refractivity contribution in [2.75, 3.05) is 11.5 Å². The highest BCUT2D eigenvalue weighted by Crippen LogP contribution is 2.43. The van der Waals surface area contributed by atoms with Crippen LogP contribution in [0.5, 0.6) is 5.75 Å². The number of carbonyl (C=O) groups is 2. The van der Waals surface area contributed by atoms with Crippen molar-refractivity contribution in [3.8, 4) is 5.75 Å². The molecule has 178 valence electrons. The van der Waals surface area contributed by atoms with Crippen LogP contribution in [0.25, 0.3) is 11.4 Å². The number of nitrogens with zero attached hydrogens (tertiary/aromatic N) is 5. The molecule has 9 nitrogen and oxygen atoms in total. The zero-order valence-electron chi connectivity index (χ0n) is 19.4. The van der Waals surface area contributed by atoms with Crippen molar-refractivity contribution < 1.29 is 19.4 Å². The van der Waals surface area contributed by atoms with Crippen molar-refractivity contribution >= 4 is 39.6 Å². The summed E-state index contributed by atoms with van der Waals surface area (Å²) in [6.45, 7) is 6.06. The molecule has 4 heterocycles. The second kappa shape index (κ2) is 8.95. The molecule has 1 atom stereocenters. The highest BCUT2D eigenvalue weighted by Gasteiger charge is 2.48. The molecule has 4 aromatic rings. The molecule has 0 aliphatic carbocycles. The van der Waals surface area contributed by atoms with Gasteiger partial charge in [0.1, 0.15) is 22.1 Å². The first-order valence-electron chi connectivity index (χ1n) is 11.2. The van der Waals surface area contributed by atoms with E-state index in [1.54, 1.807) is 54.8 Å². The second-order valence-electron chi connectivity index (χ2n) is 8.17. The van der Waals surface area contributed by atoms with Crippen LogP contribution in [0.4, 0.5) is 5.13 Å². The number of fused-ring (bicyclic) bond motifs is 1. The minimum atomic E-state index is -0.916. The van der Waals surface area contributed by atoms with Gasteiger partial charge in [-0.15, -0.1) is 10.2 Å². The molecule has 1 saturated heterocycles. The molecule has 10 heteroatoms. The number of ketones is 1. The van der Waals surface area contributed by atoms with Crippen LogP contribution in [0.15, 0.2) is 54.2 Å². The fourth-order valence-electron chi connectivity index (χ4n) is 4.25. The summed E-state index contributed by atoms with van der Waals surface area (Å²) < 4.78 is 7.49. The maximum absolute atomic E-state index is 13.4. The van der Waals surface area contributed by atoms with Crippen LogP contribution in [0.2, 0.25) is 0 Å². The van der Waals surface area contributed by atoms with Crippen molar-refractivity contribution in [2.45, 2.75) is 33.2 Å². The number of Topliss-reactive ketones (excluding diaryl/α,β-unsaturated/α-hetero) is 1. The fourth-order valence-corrected chi connectivity index (χ4v) is 4.96. The Bertz CT molecular complexity index is 1490. The van der Waals surface area contributed by atoms with Gasteiger partial charge in [-0.25, -0.2) is 4.98 Å². The van der Waals surface area contributed by atoms with Crippen molar-refractivity contribution in [2.24, 2.45) is 0 Å². The average molecular weight is 490 g/mol. The van der Waals surface area contributed by atoms with Crippen molar-refractivity contribution in [3.63, 3.8) is 0 Å². The summed E-state index contributed by atoms with van der Waals surface area (Å²) in [6.07, 6.45) is 2.59. The number of aliphatic hydroxyl groups is 1. The zero-order valence-corrected chi connectivity index (χ0v) is 20.2. The van der Waals surface area contributed by atoms with E-state index < -0.39 is 17.7 Å². The number of benzene rings is 1. The number of anilines is 1. The highest BCUT2D eigenvalue weighted by molar-refractivity contribution is 7.15. The first kappa shape index (κ1) is 22.7. The Hall–Kier alpha value is -4.05. The Morgan fingerprint density at radius 1 is 1.14 bits per heavy atom. The quantitative estimate of drug-likeness (QED) is 0.245. The monoisotopic (exact) mass is 489 g/mol. The standard InChI is InChI=1S/C25H23N5O4S/c1-4-12-34-17-9-7-8-16(13-17)21-19(23(32)24(33)30(21)25-28-27-15(3)35-25)22(31)20-14(2)26-18-10-5-6-11-29(18)20/h5-11,13,21,31H,4,12H2,1-3H3. The summed E-state index contributed by atoms with van der Waals surface area (Å²) in [6, 6.07) is 11.7. The molecule has 1 aliphatic rings. The number of ether oxygens (including phenoxy) is 1. The Kier molecular flexibility index (Phi) is 5.81. The van der Waals surface area contributed by atoms with Crippen LogP contribution in [-0.2, 0) is 9.59 Å². The van der Waals surface area contributed by atoms with Gasteiger partial charge >= 0.3 is 5.91 Å². The molecule has 1 aromatic carbocycles. The summed E-state index contributed by atoms with van der Waals surface area (Å²) in [5.74, 6) is -1.27. The number of imidazole rings is 1. The number of hydrogen-bond donors (Lipinski definition) is 1. The number of hydrogen-bond acceptors (Lipinski definition) is 8. The lowest BCUT2D eigenvalue weighted by molar-refractivity contribution is -0.132. The minimum absolute atomic E-state index is 0.0377. The third-order valence-electron chi connectivity index (χ3n) is 5.74. The van der Waals surface area contributed by atoms with E-state index in [9.17, 15) is 14.7 Å². The summed E-state index contributed by atoms with van der Waals surface area (Å²) in [5.41, 5.74) is 2.08. The van der Waals surface area contributed by atoms with E-state index in [0.717, 1.165) is 6.42 Å². The van der Waals surface area contributed by atoms with E-state index in [2.05, 4.69) is 15.2 Å². The van der Waals surface area contributed by atoms with Gasteiger partial charge in [0.2, 0.25) is 5.13 Å². The number of rotatable bonds is 6. The maximum atomic E-state index is 13.4. The van der Waals surface area contributed by atoms with Gasteiger partial charge in [0.05, 0.1) is 23.9 Å². The third-order valence-corrected chi connectivity index (χ3v) is 6.58. The van der Waals surface area contributed by atoms with E-state index in [-0.39, 0.29) is 16.5 Å². The highest BCUT2D eigenvalue weighted by atomic mass is 32.1. The average Bonchev–Trinajstić information content (AvgIpc) is 3.50. The molecule has 1 N–H and O–H groups in total. The number of aliphatic hydroxyl groups excluding tert-OH is 1. The molecule has 5 rings (SSSR count). The summed E-state index contributed by atoms with van der Waals surface area (Å²) >= 11 is 1.20. The van der Waals surface area contributed by atoms with Gasteiger partial charge in [-0.2, -0.15) is 0 Å². The SMILES string of the molecule is CCCOc1cccc(C2C(=C(O)c3c(C)nc4ccccn34)C(=O)C(=O)N2c2nnc(C)s2)c1. The molecule has 1 aliphatic heterocycles. The molecular weight excluding hydrogens is 466 g/mol. The van der Waals surface area contributed by atoms with Gasteiger partial charge in [0.25, 0.3) is 5.78 Å². The van der Waals surface area contributed by atoms with E-state index in [4.69, 9.17) is 4.74 Å². The first-order chi connectivity index (χ1) is 16.9. The molecule has 0 spiro atoms. The van der Waals surface area contributed by atoms with E-state index in [1.165, 1.54) is 16.2 Å². The molecule has 0 saturated carbocycles. The lowest BCUT2D eigenvalue weighted by Gasteiger charge is -2.23. The number of pyridine rings is 1. The van der Waals surface area contributed by atoms with Crippen LogP contribution < -0.4 is 9.64 Å².